The van der Waals surface area contributed by atoms with Crippen LogP contribution in [0.1, 0.15) is 5.56 Å². The van der Waals surface area contributed by atoms with Crippen molar-refractivity contribution in [1.29, 1.82) is 0 Å². The smallest absolute Gasteiger partial charge is 0.143 e. The molecular weight excluding hydrogens is 425 g/mol. The molecular formula is C14H10Br2FNO2S. The van der Waals surface area contributed by atoms with Gasteiger partial charge in [-0.1, -0.05) is 12.2 Å². The fourth-order valence-electron chi connectivity index (χ4n) is 1.65. The van der Waals surface area contributed by atoms with E-state index in [2.05, 4.69) is 31.9 Å². The quantitative estimate of drug-likeness (QED) is 0.703. The highest BCUT2D eigenvalue weighted by molar-refractivity contribution is 9.11. The molecule has 0 unspecified atom stereocenters. The Labute approximate surface area is 143 Å². The first kappa shape index (κ1) is 16.2. The molecule has 0 spiro atoms. The number of thiocarbonyl (C=S) groups is 1. The zero-order valence-electron chi connectivity index (χ0n) is 10.8. The molecule has 2 rings (SSSR count). The van der Waals surface area contributed by atoms with Gasteiger partial charge in [-0.25, -0.2) is 4.39 Å². The summed E-state index contributed by atoms with van der Waals surface area (Å²) in [6, 6.07) is 7.49. The first-order chi connectivity index (χ1) is 9.92. The normalized spacial score (nSPS) is 10.3. The molecule has 0 saturated heterocycles. The molecule has 0 amide bonds. The number of nitrogens with two attached hydrogens (primary N) is 1. The van der Waals surface area contributed by atoms with Crippen molar-refractivity contribution >= 4 is 49.1 Å². The zero-order valence-corrected chi connectivity index (χ0v) is 14.8. The molecule has 0 fully saturated rings. The van der Waals surface area contributed by atoms with E-state index >= 15 is 0 Å². The molecule has 2 aromatic carbocycles. The van der Waals surface area contributed by atoms with E-state index in [9.17, 15) is 4.39 Å². The predicted molar refractivity (Wildman–Crippen MR) is 90.8 cm³/mol. The molecule has 0 aliphatic carbocycles. The average molecular weight is 435 g/mol. The molecule has 21 heavy (non-hydrogen) atoms. The van der Waals surface area contributed by atoms with Crippen LogP contribution in [0.15, 0.2) is 39.3 Å². The molecule has 0 heterocycles. The van der Waals surface area contributed by atoms with Crippen LogP contribution in [-0.4, -0.2) is 12.1 Å². The molecule has 7 heteroatoms. The van der Waals surface area contributed by atoms with Gasteiger partial charge in [0.1, 0.15) is 28.1 Å². The highest BCUT2D eigenvalue weighted by Gasteiger charge is 2.13. The molecule has 0 aliphatic heterocycles. The van der Waals surface area contributed by atoms with E-state index in [1.807, 2.05) is 0 Å². The second kappa shape index (κ2) is 6.72. The average Bonchev–Trinajstić information content (AvgIpc) is 2.44. The monoisotopic (exact) mass is 433 g/mol. The van der Waals surface area contributed by atoms with Crippen LogP contribution in [0.25, 0.3) is 0 Å². The highest BCUT2D eigenvalue weighted by Crippen LogP contribution is 2.38. The highest BCUT2D eigenvalue weighted by atomic mass is 79.9. The minimum atomic E-state index is -0.430. The Balaban J connectivity index is 2.43. The van der Waals surface area contributed by atoms with Crippen LogP contribution in [0.4, 0.5) is 4.39 Å². The molecule has 0 bridgehead atoms. The van der Waals surface area contributed by atoms with Gasteiger partial charge >= 0.3 is 0 Å². The fourth-order valence-corrected chi connectivity index (χ4v) is 2.69. The summed E-state index contributed by atoms with van der Waals surface area (Å²) in [5.41, 5.74) is 5.93. The number of halogens is 3. The van der Waals surface area contributed by atoms with Crippen molar-refractivity contribution < 1.29 is 13.9 Å². The third-order valence-corrected chi connectivity index (χ3v) is 4.09. The summed E-state index contributed by atoms with van der Waals surface area (Å²) in [7, 11) is 1.57. The van der Waals surface area contributed by atoms with E-state index in [0.717, 1.165) is 4.47 Å². The van der Waals surface area contributed by atoms with E-state index in [1.54, 1.807) is 19.2 Å². The van der Waals surface area contributed by atoms with Crippen molar-refractivity contribution in [3.63, 3.8) is 0 Å². The van der Waals surface area contributed by atoms with Gasteiger partial charge in [-0.2, -0.15) is 0 Å². The number of methoxy groups -OCH3 is 1. The Hall–Kier alpha value is -1.18. The Morgan fingerprint density at radius 3 is 2.33 bits per heavy atom. The summed E-state index contributed by atoms with van der Waals surface area (Å²) in [6.45, 7) is 0. The van der Waals surface area contributed by atoms with Crippen LogP contribution in [0, 0.1) is 5.82 Å². The van der Waals surface area contributed by atoms with Gasteiger partial charge in [-0.15, -0.1) is 0 Å². The predicted octanol–water partition coefficient (Wildman–Crippen LogP) is 4.79. The second-order valence-corrected chi connectivity index (χ2v) is 6.17. The maximum atomic E-state index is 13.3. The van der Waals surface area contributed by atoms with Crippen molar-refractivity contribution in [3.05, 3.63) is 50.7 Å². The van der Waals surface area contributed by atoms with E-state index < -0.39 is 5.82 Å². The Bertz CT molecular complexity index is 710. The summed E-state index contributed by atoms with van der Waals surface area (Å²) in [6.07, 6.45) is 0. The van der Waals surface area contributed by atoms with Gasteiger partial charge in [0.2, 0.25) is 0 Å². The van der Waals surface area contributed by atoms with Crippen molar-refractivity contribution in [3.8, 4) is 17.2 Å². The van der Waals surface area contributed by atoms with Crippen LogP contribution >= 0.6 is 44.1 Å². The minimum Gasteiger partial charge on any atom is -0.496 e. The van der Waals surface area contributed by atoms with Gasteiger partial charge in [-0.05, 0) is 62.2 Å². The van der Waals surface area contributed by atoms with E-state index in [1.165, 1.54) is 18.2 Å². The summed E-state index contributed by atoms with van der Waals surface area (Å²) in [4.78, 5) is 0.0631. The lowest BCUT2D eigenvalue weighted by molar-refractivity contribution is 0.409. The first-order valence-electron chi connectivity index (χ1n) is 5.72. The topological polar surface area (TPSA) is 44.5 Å². The van der Waals surface area contributed by atoms with Gasteiger partial charge in [-0.3, -0.25) is 0 Å². The van der Waals surface area contributed by atoms with E-state index in [-0.39, 0.29) is 4.99 Å². The molecule has 0 saturated carbocycles. The number of ether oxygens (including phenoxy) is 2. The fraction of sp³-hybridized carbons (Fsp3) is 0.0714. The van der Waals surface area contributed by atoms with Gasteiger partial charge in [0, 0.05) is 0 Å². The number of hydrogen-bond acceptors (Lipinski definition) is 3. The van der Waals surface area contributed by atoms with Gasteiger partial charge in [0.05, 0.1) is 21.6 Å². The van der Waals surface area contributed by atoms with Crippen molar-refractivity contribution in [1.82, 2.24) is 0 Å². The second-order valence-electron chi connectivity index (χ2n) is 4.02. The van der Waals surface area contributed by atoms with Gasteiger partial charge in [0.25, 0.3) is 0 Å². The molecule has 0 radical (unpaired) electrons. The Morgan fingerprint density at radius 1 is 1.10 bits per heavy atom. The van der Waals surface area contributed by atoms with Crippen molar-refractivity contribution in [2.24, 2.45) is 5.73 Å². The lowest BCUT2D eigenvalue weighted by Crippen LogP contribution is -2.11. The molecule has 2 aromatic rings. The maximum Gasteiger partial charge on any atom is 0.143 e. The number of hydrogen-bond donors (Lipinski definition) is 1. The molecule has 3 nitrogen and oxygen atoms in total. The Kier molecular flexibility index (Phi) is 5.18. The van der Waals surface area contributed by atoms with Gasteiger partial charge < -0.3 is 15.2 Å². The van der Waals surface area contributed by atoms with Gasteiger partial charge in [0.15, 0.2) is 0 Å². The lowest BCUT2D eigenvalue weighted by Gasteiger charge is -2.13. The zero-order chi connectivity index (χ0) is 15.6. The van der Waals surface area contributed by atoms with Crippen LogP contribution < -0.4 is 15.2 Å². The molecule has 0 atom stereocenters. The third kappa shape index (κ3) is 3.72. The summed E-state index contributed by atoms with van der Waals surface area (Å²) in [5.74, 6) is 1.12. The van der Waals surface area contributed by atoms with Crippen molar-refractivity contribution in [2.75, 3.05) is 7.11 Å². The van der Waals surface area contributed by atoms with Crippen LogP contribution in [0.5, 0.6) is 17.2 Å². The van der Waals surface area contributed by atoms with E-state index in [0.29, 0.717) is 27.3 Å². The summed E-state index contributed by atoms with van der Waals surface area (Å²) >= 11 is 11.7. The molecule has 0 aromatic heterocycles. The summed E-state index contributed by atoms with van der Waals surface area (Å²) < 4.78 is 25.6. The maximum absolute atomic E-state index is 13.3. The largest absolute Gasteiger partial charge is 0.496 e. The molecule has 0 aliphatic rings. The van der Waals surface area contributed by atoms with Crippen molar-refractivity contribution in [2.45, 2.75) is 0 Å². The van der Waals surface area contributed by atoms with Crippen LogP contribution in [0.3, 0.4) is 0 Å². The molecule has 2 N–H and O–H groups in total. The Morgan fingerprint density at radius 2 is 1.71 bits per heavy atom. The van der Waals surface area contributed by atoms with E-state index in [4.69, 9.17) is 27.4 Å². The number of benzene rings is 2. The molecule has 110 valence electrons. The minimum absolute atomic E-state index is 0.0631. The first-order valence-corrected chi connectivity index (χ1v) is 7.72. The summed E-state index contributed by atoms with van der Waals surface area (Å²) in [5, 5.41) is 0. The standard InChI is InChI=1S/C14H10Br2FNO2S/c1-19-12-5-10(16)13(6-9(12)15)20-11-3-2-7(17)4-8(11)14(18)21/h2-6H,1H3,(H2,18,21). The van der Waals surface area contributed by atoms with Crippen LogP contribution in [-0.2, 0) is 0 Å². The SMILES string of the molecule is COc1cc(Br)c(Oc2ccc(F)cc2C(N)=S)cc1Br. The number of rotatable bonds is 4. The third-order valence-electron chi connectivity index (χ3n) is 2.63. The van der Waals surface area contributed by atoms with Crippen LogP contribution in [0.2, 0.25) is 0 Å². The lowest BCUT2D eigenvalue weighted by atomic mass is 10.2.